The Hall–Kier alpha value is -2.92. The Morgan fingerprint density at radius 1 is 0.931 bits per heavy atom. The monoisotopic (exact) mass is 388 g/mol. The van der Waals surface area contributed by atoms with Crippen LogP contribution in [-0.2, 0) is 25.8 Å². The summed E-state index contributed by atoms with van der Waals surface area (Å²) in [6.45, 7) is 3.95. The Morgan fingerprint density at radius 3 is 2.55 bits per heavy atom. The molecular formula is C24H28N4O. The Bertz CT molecular complexity index is 931. The van der Waals surface area contributed by atoms with E-state index in [4.69, 9.17) is 4.74 Å². The van der Waals surface area contributed by atoms with Crippen LogP contribution in [-0.4, -0.2) is 46.4 Å². The van der Waals surface area contributed by atoms with Crippen LogP contribution >= 0.6 is 0 Å². The second kappa shape index (κ2) is 9.52. The van der Waals surface area contributed by atoms with Crippen molar-refractivity contribution in [1.29, 1.82) is 0 Å². The summed E-state index contributed by atoms with van der Waals surface area (Å²) >= 11 is 0. The highest BCUT2D eigenvalue weighted by Gasteiger charge is 2.17. The summed E-state index contributed by atoms with van der Waals surface area (Å²) in [4.78, 5) is 2.48. The number of hydrogen-bond acceptors (Lipinski definition) is 4. The first-order valence-corrected chi connectivity index (χ1v) is 10.3. The molecule has 29 heavy (non-hydrogen) atoms. The molecule has 0 saturated carbocycles. The predicted octanol–water partition coefficient (Wildman–Crippen LogP) is 3.64. The molecule has 1 aromatic heterocycles. The maximum Gasteiger partial charge on any atom is 0.134 e. The van der Waals surface area contributed by atoms with Crippen molar-refractivity contribution in [2.75, 3.05) is 26.7 Å². The number of nitrogens with zero attached hydrogens (tertiary/aromatic N) is 4. The standard InChI is InChI=1S/C24H28N4O/c1-29-22-12-9-21(10-13-22)8-5-16-27-17-15-24-26-25-23(28(24)19-18-27)14-11-20-6-3-2-4-7-20/h2-10,12-13H,11,14-19H2,1H3/b8-5+. The molecule has 0 unspecified atom stereocenters. The van der Waals surface area contributed by atoms with E-state index in [9.17, 15) is 0 Å². The van der Waals surface area contributed by atoms with Gasteiger partial charge in [0.15, 0.2) is 0 Å². The molecule has 0 bridgehead atoms. The van der Waals surface area contributed by atoms with Gasteiger partial charge >= 0.3 is 0 Å². The third kappa shape index (κ3) is 5.12. The Balaban J connectivity index is 1.31. The van der Waals surface area contributed by atoms with Crippen LogP contribution in [0, 0.1) is 0 Å². The van der Waals surface area contributed by atoms with E-state index < -0.39 is 0 Å². The van der Waals surface area contributed by atoms with Gasteiger partial charge in [0.25, 0.3) is 0 Å². The van der Waals surface area contributed by atoms with Crippen molar-refractivity contribution < 1.29 is 4.74 Å². The molecule has 0 saturated heterocycles. The highest BCUT2D eigenvalue weighted by Crippen LogP contribution is 2.14. The minimum Gasteiger partial charge on any atom is -0.497 e. The average Bonchev–Trinajstić information content (AvgIpc) is 3.05. The quantitative estimate of drug-likeness (QED) is 0.620. The van der Waals surface area contributed by atoms with E-state index in [-0.39, 0.29) is 0 Å². The molecule has 0 amide bonds. The van der Waals surface area contributed by atoms with E-state index in [1.165, 1.54) is 11.1 Å². The van der Waals surface area contributed by atoms with Crippen molar-refractivity contribution in [1.82, 2.24) is 19.7 Å². The molecule has 0 aliphatic carbocycles. The molecule has 0 spiro atoms. The van der Waals surface area contributed by atoms with Crippen LogP contribution in [0.5, 0.6) is 5.75 Å². The lowest BCUT2D eigenvalue weighted by molar-refractivity contribution is 0.308. The summed E-state index contributed by atoms with van der Waals surface area (Å²) in [6, 6.07) is 18.8. The first-order chi connectivity index (χ1) is 14.3. The van der Waals surface area contributed by atoms with E-state index in [0.29, 0.717) is 0 Å². The number of benzene rings is 2. The van der Waals surface area contributed by atoms with Crippen LogP contribution in [0.2, 0.25) is 0 Å². The van der Waals surface area contributed by atoms with Crippen molar-refractivity contribution in [2.45, 2.75) is 25.8 Å². The number of rotatable bonds is 7. The highest BCUT2D eigenvalue weighted by atomic mass is 16.5. The molecule has 2 heterocycles. The van der Waals surface area contributed by atoms with Gasteiger partial charge in [0, 0.05) is 39.0 Å². The van der Waals surface area contributed by atoms with Crippen LogP contribution < -0.4 is 4.74 Å². The summed E-state index contributed by atoms with van der Waals surface area (Å²) < 4.78 is 7.54. The molecule has 3 aromatic rings. The molecule has 4 rings (SSSR count). The van der Waals surface area contributed by atoms with Gasteiger partial charge in [-0.05, 0) is 29.7 Å². The van der Waals surface area contributed by atoms with Gasteiger partial charge in [0.1, 0.15) is 17.4 Å². The summed E-state index contributed by atoms with van der Waals surface area (Å²) in [5, 5.41) is 8.93. The van der Waals surface area contributed by atoms with Gasteiger partial charge in [-0.15, -0.1) is 10.2 Å². The number of hydrogen-bond donors (Lipinski definition) is 0. The third-order valence-corrected chi connectivity index (χ3v) is 5.47. The van der Waals surface area contributed by atoms with Crippen LogP contribution in [0.3, 0.4) is 0 Å². The van der Waals surface area contributed by atoms with Crippen molar-refractivity contribution in [3.8, 4) is 5.75 Å². The normalized spacial score (nSPS) is 14.7. The van der Waals surface area contributed by atoms with Gasteiger partial charge in [-0.25, -0.2) is 0 Å². The Morgan fingerprint density at radius 2 is 1.76 bits per heavy atom. The lowest BCUT2D eigenvalue weighted by Gasteiger charge is -2.17. The molecule has 5 nitrogen and oxygen atoms in total. The maximum atomic E-state index is 5.21. The second-order valence-corrected chi connectivity index (χ2v) is 7.40. The number of aromatic nitrogens is 3. The topological polar surface area (TPSA) is 43.2 Å². The molecule has 0 N–H and O–H groups in total. The van der Waals surface area contributed by atoms with Gasteiger partial charge in [0.05, 0.1) is 7.11 Å². The molecule has 0 fully saturated rings. The van der Waals surface area contributed by atoms with Gasteiger partial charge in [-0.2, -0.15) is 0 Å². The first-order valence-electron chi connectivity index (χ1n) is 10.3. The van der Waals surface area contributed by atoms with Crippen molar-refractivity contribution in [2.24, 2.45) is 0 Å². The fraction of sp³-hybridized carbons (Fsp3) is 0.333. The minimum absolute atomic E-state index is 0.890. The molecule has 1 aliphatic rings. The van der Waals surface area contributed by atoms with Gasteiger partial charge in [0.2, 0.25) is 0 Å². The minimum atomic E-state index is 0.890. The van der Waals surface area contributed by atoms with E-state index in [0.717, 1.165) is 62.8 Å². The SMILES string of the molecule is COc1ccc(/C=C/CN2CCc3nnc(CCc4ccccc4)n3CC2)cc1. The van der Waals surface area contributed by atoms with E-state index in [1.807, 2.05) is 12.1 Å². The fourth-order valence-electron chi connectivity index (χ4n) is 3.75. The van der Waals surface area contributed by atoms with Gasteiger partial charge < -0.3 is 9.30 Å². The highest BCUT2D eigenvalue weighted by molar-refractivity contribution is 5.50. The molecule has 150 valence electrons. The van der Waals surface area contributed by atoms with Crippen LogP contribution in [0.15, 0.2) is 60.7 Å². The summed E-state index contributed by atoms with van der Waals surface area (Å²) in [6.07, 6.45) is 7.32. The Kier molecular flexibility index (Phi) is 6.37. The van der Waals surface area contributed by atoms with E-state index in [2.05, 4.69) is 74.3 Å². The fourth-order valence-corrected chi connectivity index (χ4v) is 3.75. The zero-order valence-electron chi connectivity index (χ0n) is 17.0. The molecule has 1 aliphatic heterocycles. The number of methoxy groups -OCH3 is 1. The largest absolute Gasteiger partial charge is 0.497 e. The summed E-state index contributed by atoms with van der Waals surface area (Å²) in [5.41, 5.74) is 2.55. The summed E-state index contributed by atoms with van der Waals surface area (Å²) in [7, 11) is 1.69. The molecule has 5 heteroatoms. The van der Waals surface area contributed by atoms with Crippen molar-refractivity contribution in [3.05, 3.63) is 83.4 Å². The third-order valence-electron chi connectivity index (χ3n) is 5.47. The van der Waals surface area contributed by atoms with Crippen LogP contribution in [0.1, 0.15) is 22.8 Å². The maximum absolute atomic E-state index is 5.21. The molecule has 0 atom stereocenters. The second-order valence-electron chi connectivity index (χ2n) is 7.40. The van der Waals surface area contributed by atoms with E-state index in [1.54, 1.807) is 7.11 Å². The lowest BCUT2D eigenvalue weighted by atomic mass is 10.1. The molecule has 0 radical (unpaired) electrons. The number of fused-ring (bicyclic) bond motifs is 1. The smallest absolute Gasteiger partial charge is 0.134 e. The number of ether oxygens (including phenoxy) is 1. The first kappa shape index (κ1) is 19.4. The van der Waals surface area contributed by atoms with Crippen molar-refractivity contribution >= 4 is 6.08 Å². The van der Waals surface area contributed by atoms with Crippen LogP contribution in [0.4, 0.5) is 0 Å². The lowest BCUT2D eigenvalue weighted by Crippen LogP contribution is -2.27. The zero-order chi connectivity index (χ0) is 19.9. The molecule has 2 aromatic carbocycles. The number of aryl methyl sites for hydroxylation is 2. The van der Waals surface area contributed by atoms with Crippen LogP contribution in [0.25, 0.3) is 6.08 Å². The summed E-state index contributed by atoms with van der Waals surface area (Å²) in [5.74, 6) is 3.12. The van der Waals surface area contributed by atoms with Gasteiger partial charge in [-0.1, -0.05) is 54.6 Å². The Labute approximate surface area is 172 Å². The molecular weight excluding hydrogens is 360 g/mol. The van der Waals surface area contributed by atoms with Crippen molar-refractivity contribution in [3.63, 3.8) is 0 Å². The average molecular weight is 389 g/mol. The van der Waals surface area contributed by atoms with E-state index >= 15 is 0 Å². The zero-order valence-corrected chi connectivity index (χ0v) is 17.0. The van der Waals surface area contributed by atoms with Gasteiger partial charge in [-0.3, -0.25) is 4.90 Å². The predicted molar refractivity (Wildman–Crippen MR) is 116 cm³/mol.